The molecule has 35 heavy (non-hydrogen) atoms. The summed E-state index contributed by atoms with van der Waals surface area (Å²) in [6.07, 6.45) is 7.72. The van der Waals surface area contributed by atoms with Gasteiger partial charge in [0.2, 0.25) is 5.95 Å². The molecule has 0 unspecified atom stereocenters. The number of nitrogens with one attached hydrogen (secondary N) is 1. The topological polar surface area (TPSA) is 88.3 Å². The highest BCUT2D eigenvalue weighted by atomic mass is 35.5. The Morgan fingerprint density at radius 2 is 1.91 bits per heavy atom. The molecule has 1 saturated heterocycles. The second-order valence-electron chi connectivity index (χ2n) is 11.1. The minimum absolute atomic E-state index is 0.00835. The van der Waals surface area contributed by atoms with Gasteiger partial charge in [-0.2, -0.15) is 5.10 Å². The van der Waals surface area contributed by atoms with Crippen LogP contribution < -0.4 is 10.2 Å². The minimum atomic E-state index is -0.591. The van der Waals surface area contributed by atoms with E-state index in [1.807, 2.05) is 23.7 Å². The monoisotopic (exact) mass is 514 g/mol. The van der Waals surface area contributed by atoms with E-state index in [2.05, 4.69) is 20.3 Å². The zero-order chi connectivity index (χ0) is 24.2. The van der Waals surface area contributed by atoms with Gasteiger partial charge in [0, 0.05) is 49.0 Å². The van der Waals surface area contributed by atoms with Crippen molar-refractivity contribution in [1.82, 2.24) is 19.7 Å². The Bertz CT molecular complexity index is 1340. The molecular formula is C25H28Cl2N6O2. The first kappa shape index (κ1) is 22.1. The summed E-state index contributed by atoms with van der Waals surface area (Å²) in [5.41, 5.74) is 2.07. The fourth-order valence-corrected chi connectivity index (χ4v) is 7.31. The lowest BCUT2D eigenvalue weighted by Crippen LogP contribution is -2.52. The van der Waals surface area contributed by atoms with Crippen molar-refractivity contribution >= 4 is 51.4 Å². The predicted molar refractivity (Wildman–Crippen MR) is 136 cm³/mol. The van der Waals surface area contributed by atoms with Crippen LogP contribution in [0.2, 0.25) is 10.2 Å². The van der Waals surface area contributed by atoms with Gasteiger partial charge in [-0.1, -0.05) is 23.2 Å². The summed E-state index contributed by atoms with van der Waals surface area (Å²) in [6, 6.07) is 3.95. The van der Waals surface area contributed by atoms with Crippen molar-refractivity contribution in [2.75, 3.05) is 37.0 Å². The Hall–Kier alpha value is -2.13. The highest BCUT2D eigenvalue weighted by molar-refractivity contribution is 6.34. The summed E-state index contributed by atoms with van der Waals surface area (Å²) < 4.78 is 7.31. The molecule has 3 atom stereocenters. The van der Waals surface area contributed by atoms with Gasteiger partial charge in [-0.15, -0.1) is 0 Å². The van der Waals surface area contributed by atoms with Crippen LogP contribution in [0.1, 0.15) is 32.6 Å². The fourth-order valence-electron chi connectivity index (χ4n) is 6.72. The van der Waals surface area contributed by atoms with Crippen molar-refractivity contribution < 1.29 is 9.84 Å². The van der Waals surface area contributed by atoms with Crippen molar-refractivity contribution in [3.8, 4) is 0 Å². The maximum atomic E-state index is 10.9. The minimum Gasteiger partial charge on any atom is -0.389 e. The van der Waals surface area contributed by atoms with Crippen LogP contribution in [0.3, 0.4) is 0 Å². The number of rotatable bonds is 6. The molecule has 1 aromatic carbocycles. The Morgan fingerprint density at radius 3 is 2.63 bits per heavy atom. The van der Waals surface area contributed by atoms with Crippen LogP contribution in [0.15, 0.2) is 24.5 Å². The van der Waals surface area contributed by atoms with E-state index in [1.54, 1.807) is 19.5 Å². The number of hydrogen-bond donors (Lipinski definition) is 2. The molecule has 2 bridgehead atoms. The first-order chi connectivity index (χ1) is 16.8. The average Bonchev–Trinajstić information content (AvgIpc) is 3.57. The van der Waals surface area contributed by atoms with Crippen LogP contribution in [0, 0.1) is 17.3 Å². The number of methoxy groups -OCH3 is 1. The second kappa shape index (κ2) is 7.22. The summed E-state index contributed by atoms with van der Waals surface area (Å²) in [4.78, 5) is 11.5. The number of hydrogen-bond acceptors (Lipinski definition) is 7. The van der Waals surface area contributed by atoms with Gasteiger partial charge < -0.3 is 20.1 Å². The molecule has 7 rings (SSSR count). The van der Waals surface area contributed by atoms with Crippen molar-refractivity contribution in [2.24, 2.45) is 17.3 Å². The third-order valence-corrected chi connectivity index (χ3v) is 9.84. The molecule has 10 heteroatoms. The number of benzene rings is 1. The lowest BCUT2D eigenvalue weighted by atomic mass is 9.82. The smallest absolute Gasteiger partial charge is 0.227 e. The van der Waals surface area contributed by atoms with Crippen LogP contribution in [0.25, 0.3) is 10.9 Å². The number of aromatic nitrogens is 4. The van der Waals surface area contributed by atoms with Crippen molar-refractivity contribution in [1.29, 1.82) is 0 Å². The average molecular weight is 515 g/mol. The lowest BCUT2D eigenvalue weighted by molar-refractivity contribution is -0.0271. The summed E-state index contributed by atoms with van der Waals surface area (Å²) in [5.74, 6) is 0.977. The second-order valence-corrected chi connectivity index (χ2v) is 11.9. The summed E-state index contributed by atoms with van der Waals surface area (Å²) in [6.45, 7) is 4.31. The molecular weight excluding hydrogens is 487 g/mol. The third kappa shape index (κ3) is 3.09. The molecule has 3 aromatic rings. The van der Waals surface area contributed by atoms with E-state index in [1.165, 1.54) is 0 Å². The number of aliphatic hydroxyl groups is 1. The quantitative estimate of drug-likeness (QED) is 0.496. The van der Waals surface area contributed by atoms with Gasteiger partial charge in [-0.05, 0) is 44.7 Å². The summed E-state index contributed by atoms with van der Waals surface area (Å²) >= 11 is 13.4. The maximum Gasteiger partial charge on any atom is 0.227 e. The highest BCUT2D eigenvalue weighted by Gasteiger charge is 2.85. The van der Waals surface area contributed by atoms with Crippen LogP contribution in [-0.4, -0.2) is 57.3 Å². The molecule has 1 aliphatic heterocycles. The number of nitrogens with zero attached hydrogens (tertiary/aromatic N) is 5. The van der Waals surface area contributed by atoms with E-state index < -0.39 is 5.60 Å². The largest absolute Gasteiger partial charge is 0.389 e. The fraction of sp³-hybridized carbons (Fsp3) is 0.560. The van der Waals surface area contributed by atoms with Gasteiger partial charge in [0.05, 0.1) is 45.9 Å². The van der Waals surface area contributed by atoms with E-state index in [0.717, 1.165) is 62.0 Å². The molecule has 2 aromatic heterocycles. The van der Waals surface area contributed by atoms with Crippen LogP contribution in [0.4, 0.5) is 17.3 Å². The maximum absolute atomic E-state index is 10.9. The molecule has 2 N–H and O–H groups in total. The van der Waals surface area contributed by atoms with Gasteiger partial charge in [-0.25, -0.2) is 14.6 Å². The van der Waals surface area contributed by atoms with Gasteiger partial charge in [-0.3, -0.25) is 0 Å². The van der Waals surface area contributed by atoms with Gasteiger partial charge >= 0.3 is 0 Å². The van der Waals surface area contributed by atoms with E-state index in [0.29, 0.717) is 21.8 Å². The van der Waals surface area contributed by atoms with Crippen molar-refractivity contribution in [2.45, 2.75) is 43.7 Å². The number of ether oxygens (including phenoxy) is 1. The number of halogens is 2. The van der Waals surface area contributed by atoms with Gasteiger partial charge in [0.1, 0.15) is 0 Å². The molecule has 4 aliphatic rings. The third-order valence-electron chi connectivity index (χ3n) is 9.17. The zero-order valence-electron chi connectivity index (χ0n) is 19.8. The number of fused-ring (bicyclic) bond motifs is 4. The Kier molecular flexibility index (Phi) is 4.56. The summed E-state index contributed by atoms with van der Waals surface area (Å²) in [7, 11) is 1.74. The Balaban J connectivity index is 1.15. The Labute approximate surface area is 213 Å². The van der Waals surface area contributed by atoms with Crippen LogP contribution in [0.5, 0.6) is 0 Å². The zero-order valence-corrected chi connectivity index (χ0v) is 21.3. The van der Waals surface area contributed by atoms with Crippen LogP contribution >= 0.6 is 23.2 Å². The SMILES string of the molecule is COCC12CC1(n1ncc(Nc3ncc4cc(Cl)c(N5C[C@H]6CC[C@@H](C5)[C@@]6(C)O)cc4n3)c1Cl)C2. The van der Waals surface area contributed by atoms with Gasteiger partial charge in [0.15, 0.2) is 5.15 Å². The molecule has 184 valence electrons. The molecule has 0 spiro atoms. The predicted octanol–water partition coefficient (Wildman–Crippen LogP) is 4.61. The molecule has 3 aliphatic carbocycles. The molecule has 8 nitrogen and oxygen atoms in total. The van der Waals surface area contributed by atoms with Crippen molar-refractivity contribution in [3.05, 3.63) is 34.7 Å². The molecule has 0 amide bonds. The van der Waals surface area contributed by atoms with Crippen LogP contribution in [-0.2, 0) is 10.3 Å². The first-order valence-corrected chi connectivity index (χ1v) is 13.0. The van der Waals surface area contributed by atoms with E-state index >= 15 is 0 Å². The van der Waals surface area contributed by atoms with E-state index in [9.17, 15) is 5.11 Å². The Morgan fingerprint density at radius 1 is 1.17 bits per heavy atom. The molecule has 3 saturated carbocycles. The standard InChI is InChI=1S/C25H28Cl2N6O2/c1-23(34)15-3-4-16(23)10-32(9-15)20-6-18-14(5-17(20)26)7-28-22(30-18)31-19-8-29-33(21(19)27)25-11-24(25,12-25)13-35-2/h5-8,15-16,34H,3-4,9-13H2,1-2H3,(H,28,30,31)/t15-,16+,23+,24?,25?. The number of anilines is 3. The summed E-state index contributed by atoms with van der Waals surface area (Å²) in [5, 5.41) is 20.8. The molecule has 0 radical (unpaired) electrons. The normalized spacial score (nSPS) is 34.8. The number of piperidine rings is 1. The lowest BCUT2D eigenvalue weighted by Gasteiger charge is -2.43. The van der Waals surface area contributed by atoms with E-state index in [4.69, 9.17) is 32.9 Å². The van der Waals surface area contributed by atoms with E-state index in [-0.39, 0.29) is 22.8 Å². The first-order valence-electron chi connectivity index (χ1n) is 12.2. The highest BCUT2D eigenvalue weighted by Crippen LogP contribution is 2.83. The van der Waals surface area contributed by atoms with Gasteiger partial charge in [0.25, 0.3) is 0 Å². The molecule has 4 fully saturated rings. The van der Waals surface area contributed by atoms with Crippen molar-refractivity contribution in [3.63, 3.8) is 0 Å². The molecule has 3 heterocycles.